The van der Waals surface area contributed by atoms with Crippen LogP contribution in [0, 0.1) is 5.41 Å². The van der Waals surface area contributed by atoms with Crippen LogP contribution >= 0.6 is 0 Å². The van der Waals surface area contributed by atoms with Gasteiger partial charge in [-0.1, -0.05) is 26.0 Å². The maximum atomic E-state index is 12.4. The van der Waals surface area contributed by atoms with Gasteiger partial charge in [-0.2, -0.15) is 0 Å². The highest BCUT2D eigenvalue weighted by Gasteiger charge is 2.31. The zero-order valence-corrected chi connectivity index (χ0v) is 12.8. The van der Waals surface area contributed by atoms with Crippen molar-refractivity contribution in [3.63, 3.8) is 0 Å². The summed E-state index contributed by atoms with van der Waals surface area (Å²) in [6, 6.07) is 6.64. The van der Waals surface area contributed by atoms with Crippen molar-refractivity contribution >= 4 is 11.9 Å². The molecule has 1 heterocycles. The molecule has 0 spiro atoms. The average molecular weight is 289 g/mol. The molecule has 114 valence electrons. The Balaban J connectivity index is 2.04. The van der Waals surface area contributed by atoms with E-state index in [2.05, 4.69) is 13.8 Å². The second kappa shape index (κ2) is 6.29. The fourth-order valence-electron chi connectivity index (χ4n) is 2.92. The first-order chi connectivity index (χ1) is 9.93. The highest BCUT2D eigenvalue weighted by Crippen LogP contribution is 2.32. The topological polar surface area (TPSA) is 57.6 Å². The number of hydrogen-bond donors (Lipinski definition) is 1. The smallest absolute Gasteiger partial charge is 0.335 e. The molecule has 2 rings (SSSR count). The number of hydrogen-bond acceptors (Lipinski definition) is 2. The molecule has 1 atom stereocenters. The summed E-state index contributed by atoms with van der Waals surface area (Å²) in [5, 5.41) is 9.00. The maximum Gasteiger partial charge on any atom is 0.335 e. The van der Waals surface area contributed by atoms with Crippen LogP contribution in [0.15, 0.2) is 24.3 Å². The number of likely N-dealkylation sites (tertiary alicyclic amines) is 1. The van der Waals surface area contributed by atoms with Gasteiger partial charge in [0, 0.05) is 13.1 Å². The van der Waals surface area contributed by atoms with E-state index in [1.54, 1.807) is 18.2 Å². The summed E-state index contributed by atoms with van der Waals surface area (Å²) in [6.45, 7) is 6.02. The molecule has 1 amide bonds. The number of rotatable bonds is 4. The van der Waals surface area contributed by atoms with Gasteiger partial charge < -0.3 is 10.0 Å². The summed E-state index contributed by atoms with van der Waals surface area (Å²) in [7, 11) is 0. The zero-order chi connectivity index (χ0) is 15.5. The van der Waals surface area contributed by atoms with Gasteiger partial charge in [-0.3, -0.25) is 4.79 Å². The molecule has 0 bridgehead atoms. The number of carboxylic acids is 1. The summed E-state index contributed by atoms with van der Waals surface area (Å²) in [5.74, 6) is -0.863. The van der Waals surface area contributed by atoms with Crippen LogP contribution in [0.2, 0.25) is 0 Å². The number of aromatic carboxylic acids is 1. The van der Waals surface area contributed by atoms with Crippen molar-refractivity contribution in [1.82, 2.24) is 4.90 Å². The third-order valence-corrected chi connectivity index (χ3v) is 4.52. The first-order valence-electron chi connectivity index (χ1n) is 7.53. The fourth-order valence-corrected chi connectivity index (χ4v) is 2.92. The van der Waals surface area contributed by atoms with Crippen LogP contribution in [0.1, 0.15) is 49.0 Å². The maximum absolute atomic E-state index is 12.4. The Bertz CT molecular complexity index is 541. The van der Waals surface area contributed by atoms with E-state index in [0.717, 1.165) is 31.5 Å². The lowest BCUT2D eigenvalue weighted by molar-refractivity contribution is -0.133. The van der Waals surface area contributed by atoms with Crippen molar-refractivity contribution in [2.24, 2.45) is 5.41 Å². The Hall–Kier alpha value is -1.84. The fraction of sp³-hybridized carbons (Fsp3) is 0.529. The van der Waals surface area contributed by atoms with Crippen molar-refractivity contribution in [2.75, 3.05) is 13.1 Å². The number of carboxylic acid groups (broad SMARTS) is 1. The van der Waals surface area contributed by atoms with Gasteiger partial charge in [-0.05, 0) is 42.4 Å². The van der Waals surface area contributed by atoms with Gasteiger partial charge in [0.25, 0.3) is 0 Å². The Morgan fingerprint density at radius 1 is 1.38 bits per heavy atom. The van der Waals surface area contributed by atoms with Gasteiger partial charge in [0.1, 0.15) is 0 Å². The van der Waals surface area contributed by atoms with E-state index in [9.17, 15) is 9.59 Å². The number of carbonyl (C=O) groups is 2. The monoisotopic (exact) mass is 289 g/mol. The molecule has 1 saturated heterocycles. The predicted octanol–water partition coefficient (Wildman–Crippen LogP) is 2.97. The molecule has 1 aromatic rings. The zero-order valence-electron chi connectivity index (χ0n) is 12.8. The summed E-state index contributed by atoms with van der Waals surface area (Å²) in [5.41, 5.74) is 1.22. The molecule has 1 aromatic carbocycles. The quantitative estimate of drug-likeness (QED) is 0.927. The van der Waals surface area contributed by atoms with Crippen molar-refractivity contribution in [3.8, 4) is 0 Å². The SMILES string of the molecule is CCC1(C)CCCN(C(=O)Cc2cccc(C(=O)O)c2)C1. The molecule has 1 N–H and O–H groups in total. The molecule has 1 fully saturated rings. The van der Waals surface area contributed by atoms with E-state index >= 15 is 0 Å². The van der Waals surface area contributed by atoms with Gasteiger partial charge >= 0.3 is 5.97 Å². The van der Waals surface area contributed by atoms with Gasteiger partial charge in [-0.25, -0.2) is 4.79 Å². The first-order valence-corrected chi connectivity index (χ1v) is 7.53. The molecule has 0 saturated carbocycles. The van der Waals surface area contributed by atoms with E-state index in [0.29, 0.717) is 0 Å². The second-order valence-corrected chi connectivity index (χ2v) is 6.27. The van der Waals surface area contributed by atoms with Crippen LogP contribution in [-0.4, -0.2) is 35.0 Å². The molecular weight excluding hydrogens is 266 g/mol. The lowest BCUT2D eigenvalue weighted by Crippen LogP contribution is -2.45. The highest BCUT2D eigenvalue weighted by molar-refractivity contribution is 5.88. The summed E-state index contributed by atoms with van der Waals surface area (Å²) >= 11 is 0. The predicted molar refractivity (Wildman–Crippen MR) is 81.3 cm³/mol. The minimum Gasteiger partial charge on any atom is -0.478 e. The van der Waals surface area contributed by atoms with E-state index in [1.807, 2.05) is 11.0 Å². The molecule has 0 radical (unpaired) electrons. The van der Waals surface area contributed by atoms with Gasteiger partial charge in [0.15, 0.2) is 0 Å². The first kappa shape index (κ1) is 15.5. The van der Waals surface area contributed by atoms with Gasteiger partial charge in [0.2, 0.25) is 5.91 Å². The summed E-state index contributed by atoms with van der Waals surface area (Å²) in [4.78, 5) is 25.3. The minimum absolute atomic E-state index is 0.0944. The lowest BCUT2D eigenvalue weighted by Gasteiger charge is -2.40. The van der Waals surface area contributed by atoms with Crippen LogP contribution in [-0.2, 0) is 11.2 Å². The Kier molecular flexibility index (Phi) is 4.66. The molecule has 21 heavy (non-hydrogen) atoms. The number of amides is 1. The van der Waals surface area contributed by atoms with E-state index in [-0.39, 0.29) is 23.3 Å². The van der Waals surface area contributed by atoms with Crippen molar-refractivity contribution in [3.05, 3.63) is 35.4 Å². The molecule has 0 aromatic heterocycles. The number of piperidine rings is 1. The van der Waals surface area contributed by atoms with Crippen molar-refractivity contribution in [1.29, 1.82) is 0 Å². The molecule has 0 aliphatic carbocycles. The molecule has 1 aliphatic rings. The Morgan fingerprint density at radius 3 is 2.81 bits per heavy atom. The highest BCUT2D eigenvalue weighted by atomic mass is 16.4. The van der Waals surface area contributed by atoms with Crippen LogP contribution in [0.25, 0.3) is 0 Å². The minimum atomic E-state index is -0.958. The van der Waals surface area contributed by atoms with E-state index in [4.69, 9.17) is 5.11 Å². The molecule has 4 nitrogen and oxygen atoms in total. The van der Waals surface area contributed by atoms with Crippen molar-refractivity contribution in [2.45, 2.75) is 39.5 Å². The Labute approximate surface area is 125 Å². The third-order valence-electron chi connectivity index (χ3n) is 4.52. The molecule has 1 unspecified atom stereocenters. The van der Waals surface area contributed by atoms with Crippen LogP contribution in [0.3, 0.4) is 0 Å². The van der Waals surface area contributed by atoms with Crippen LogP contribution < -0.4 is 0 Å². The number of benzene rings is 1. The lowest BCUT2D eigenvalue weighted by atomic mass is 9.79. The normalized spacial score (nSPS) is 22.1. The summed E-state index contributed by atoms with van der Waals surface area (Å²) in [6.07, 6.45) is 3.57. The largest absolute Gasteiger partial charge is 0.478 e. The number of nitrogens with zero attached hydrogens (tertiary/aromatic N) is 1. The van der Waals surface area contributed by atoms with E-state index in [1.165, 1.54) is 6.42 Å². The molecular formula is C17H23NO3. The third kappa shape index (κ3) is 3.84. The van der Waals surface area contributed by atoms with Crippen LogP contribution in [0.4, 0.5) is 0 Å². The molecule has 1 aliphatic heterocycles. The van der Waals surface area contributed by atoms with Gasteiger partial charge in [-0.15, -0.1) is 0 Å². The Morgan fingerprint density at radius 2 is 2.14 bits per heavy atom. The van der Waals surface area contributed by atoms with Gasteiger partial charge in [0.05, 0.1) is 12.0 Å². The van der Waals surface area contributed by atoms with Crippen LogP contribution in [0.5, 0.6) is 0 Å². The van der Waals surface area contributed by atoms with Crippen molar-refractivity contribution < 1.29 is 14.7 Å². The molecule has 4 heteroatoms. The standard InChI is InChI=1S/C17H23NO3/c1-3-17(2)8-5-9-18(12-17)15(19)11-13-6-4-7-14(10-13)16(20)21/h4,6-7,10H,3,5,8-9,11-12H2,1-2H3,(H,20,21). The number of carbonyl (C=O) groups excluding carboxylic acids is 1. The summed E-state index contributed by atoms with van der Waals surface area (Å²) < 4.78 is 0. The second-order valence-electron chi connectivity index (χ2n) is 6.27. The average Bonchev–Trinajstić information content (AvgIpc) is 2.47. The van der Waals surface area contributed by atoms with E-state index < -0.39 is 5.97 Å².